The van der Waals surface area contributed by atoms with Gasteiger partial charge >= 0.3 is 12.3 Å². The van der Waals surface area contributed by atoms with Crippen LogP contribution in [0.25, 0.3) is 11.1 Å². The van der Waals surface area contributed by atoms with E-state index in [0.717, 1.165) is 0 Å². The average Bonchev–Trinajstić information content (AvgIpc) is 2.66. The summed E-state index contributed by atoms with van der Waals surface area (Å²) in [6.07, 6.45) is -2.46. The number of carbonyl (C=O) groups excluding carboxylic acids is 2. The third-order valence-corrected chi connectivity index (χ3v) is 4.50. The van der Waals surface area contributed by atoms with Gasteiger partial charge in [-0.25, -0.2) is 9.59 Å². The van der Waals surface area contributed by atoms with Crippen molar-refractivity contribution in [1.29, 1.82) is 0 Å². The van der Waals surface area contributed by atoms with E-state index in [2.05, 4.69) is 4.98 Å². The number of ether oxygens (including phenoxy) is 4. The lowest BCUT2D eigenvalue weighted by atomic mass is 10.0. The third-order valence-electron chi connectivity index (χ3n) is 3.68. The fraction of sp³-hybridized carbons (Fsp3) is 0.350. The molecule has 0 unspecified atom stereocenters. The third kappa shape index (κ3) is 5.75. The monoisotopic (exact) mass is 457 g/mol. The Kier molecular flexibility index (Phi) is 8.28. The molecule has 162 valence electrons. The lowest BCUT2D eigenvalue weighted by molar-refractivity contribution is 0.0725. The van der Waals surface area contributed by atoms with Gasteiger partial charge in [-0.1, -0.05) is 35.3 Å². The summed E-state index contributed by atoms with van der Waals surface area (Å²) in [5.41, 5.74) is 1.16. The quantitative estimate of drug-likeness (QED) is 0.596. The van der Waals surface area contributed by atoms with E-state index in [-0.39, 0.29) is 40.3 Å². The number of nitrogens with zero attached hydrogens (tertiary/aromatic N) is 1. The Bertz CT molecular complexity index is 947. The molecular weight excluding hydrogens is 437 g/mol. The van der Waals surface area contributed by atoms with Gasteiger partial charge in [0.25, 0.3) is 0 Å². The van der Waals surface area contributed by atoms with E-state index in [1.807, 2.05) is 0 Å². The van der Waals surface area contributed by atoms with Crippen LogP contribution >= 0.6 is 23.2 Å². The molecule has 0 radical (unpaired) electrons. The van der Waals surface area contributed by atoms with E-state index >= 15 is 0 Å². The fourth-order valence-electron chi connectivity index (χ4n) is 2.55. The van der Waals surface area contributed by atoms with Crippen molar-refractivity contribution in [3.63, 3.8) is 0 Å². The molecule has 1 N–H and O–H groups in total. The van der Waals surface area contributed by atoms with Crippen molar-refractivity contribution < 1.29 is 33.6 Å². The van der Waals surface area contributed by atoms with Crippen LogP contribution in [0.2, 0.25) is 10.0 Å². The summed E-state index contributed by atoms with van der Waals surface area (Å²) in [5.74, 6) is -0.0552. The van der Waals surface area contributed by atoms with Crippen LogP contribution in [-0.2, 0) is 9.47 Å². The second kappa shape index (κ2) is 10.5. The van der Waals surface area contributed by atoms with Gasteiger partial charge in [-0.05, 0) is 33.8 Å². The van der Waals surface area contributed by atoms with Crippen molar-refractivity contribution >= 4 is 35.5 Å². The predicted octanol–water partition coefficient (Wildman–Crippen LogP) is 5.10. The van der Waals surface area contributed by atoms with Crippen LogP contribution in [0.3, 0.4) is 0 Å². The molecule has 1 heterocycles. The topological polar surface area (TPSA) is 104 Å². The normalized spacial score (nSPS) is 10.7. The molecule has 8 nitrogen and oxygen atoms in total. The van der Waals surface area contributed by atoms with Crippen LogP contribution in [0.5, 0.6) is 11.5 Å². The van der Waals surface area contributed by atoms with Gasteiger partial charge in [0.1, 0.15) is 6.61 Å². The summed E-state index contributed by atoms with van der Waals surface area (Å²) in [4.78, 5) is 28.5. The summed E-state index contributed by atoms with van der Waals surface area (Å²) in [7, 11) is 0. The minimum absolute atomic E-state index is 0.0135. The molecule has 0 fully saturated rings. The minimum Gasteiger partial charge on any atom is -0.432 e. The highest BCUT2D eigenvalue weighted by Crippen LogP contribution is 2.46. The number of aromatic nitrogens is 1. The van der Waals surface area contributed by atoms with Gasteiger partial charge in [0.15, 0.2) is 11.5 Å². The van der Waals surface area contributed by atoms with Crippen LogP contribution in [0, 0.1) is 13.8 Å². The number of rotatable bonds is 6. The molecule has 0 atom stereocenters. The maximum atomic E-state index is 12.2. The van der Waals surface area contributed by atoms with Gasteiger partial charge < -0.3 is 24.1 Å². The molecular formula is C20H21Cl2NO7. The molecule has 2 aromatic rings. The van der Waals surface area contributed by atoms with Crippen LogP contribution in [0.15, 0.2) is 18.2 Å². The van der Waals surface area contributed by atoms with Crippen LogP contribution in [0.4, 0.5) is 9.59 Å². The van der Waals surface area contributed by atoms with Gasteiger partial charge in [0, 0.05) is 5.56 Å². The molecule has 0 aliphatic heterocycles. The Morgan fingerprint density at radius 1 is 1.07 bits per heavy atom. The second-order valence-electron chi connectivity index (χ2n) is 6.36. The molecule has 0 amide bonds. The van der Waals surface area contributed by atoms with E-state index < -0.39 is 18.4 Å². The SMILES string of the molecule is Cc1nc(C)c(OC(=O)OC(C)C)c(-c2cccc(Cl)c2Cl)c1OC(=O)OCCO. The van der Waals surface area contributed by atoms with Gasteiger partial charge in [0.05, 0.1) is 39.7 Å². The summed E-state index contributed by atoms with van der Waals surface area (Å²) < 4.78 is 20.5. The van der Waals surface area contributed by atoms with Crippen molar-refractivity contribution in [1.82, 2.24) is 4.98 Å². The van der Waals surface area contributed by atoms with E-state index in [4.69, 9.17) is 47.3 Å². The average molecular weight is 458 g/mol. The Balaban J connectivity index is 2.68. The highest BCUT2D eigenvalue weighted by Gasteiger charge is 2.27. The van der Waals surface area contributed by atoms with E-state index in [0.29, 0.717) is 17.0 Å². The van der Waals surface area contributed by atoms with Gasteiger partial charge in [0.2, 0.25) is 0 Å². The zero-order valence-electron chi connectivity index (χ0n) is 16.8. The summed E-state index contributed by atoms with van der Waals surface area (Å²) in [6.45, 7) is 5.92. The molecule has 0 aliphatic rings. The van der Waals surface area contributed by atoms with Crippen LogP contribution in [-0.4, -0.2) is 41.7 Å². The highest BCUT2D eigenvalue weighted by molar-refractivity contribution is 6.43. The molecule has 0 saturated heterocycles. The summed E-state index contributed by atoms with van der Waals surface area (Å²) in [6, 6.07) is 4.84. The van der Waals surface area contributed by atoms with Gasteiger partial charge in [-0.3, -0.25) is 4.98 Å². The molecule has 0 spiro atoms. The number of aryl methyl sites for hydroxylation is 2. The summed E-state index contributed by atoms with van der Waals surface area (Å²) >= 11 is 12.5. The zero-order chi connectivity index (χ0) is 22.4. The number of hydrogen-bond donors (Lipinski definition) is 1. The van der Waals surface area contributed by atoms with Crippen LogP contribution < -0.4 is 9.47 Å². The number of aliphatic hydroxyl groups is 1. The first kappa shape index (κ1) is 23.7. The molecule has 1 aromatic carbocycles. The predicted molar refractivity (Wildman–Crippen MR) is 110 cm³/mol. The standard InChI is InChI=1S/C20H21Cl2NO7/c1-10(2)28-20(26)30-18-12(4)23-11(3)17(29-19(25)27-9-8-24)15(18)13-6-5-7-14(21)16(13)22/h5-7,10,24H,8-9H2,1-4H3. The minimum atomic E-state index is -1.08. The van der Waals surface area contributed by atoms with Crippen molar-refractivity contribution in [3.05, 3.63) is 39.6 Å². The maximum Gasteiger partial charge on any atom is 0.514 e. The van der Waals surface area contributed by atoms with Crippen molar-refractivity contribution in [3.8, 4) is 22.6 Å². The zero-order valence-corrected chi connectivity index (χ0v) is 18.3. The first-order valence-corrected chi connectivity index (χ1v) is 9.70. The molecule has 30 heavy (non-hydrogen) atoms. The number of hydrogen-bond acceptors (Lipinski definition) is 8. The largest absolute Gasteiger partial charge is 0.514 e. The van der Waals surface area contributed by atoms with Crippen LogP contribution in [0.1, 0.15) is 25.2 Å². The number of halogens is 2. The van der Waals surface area contributed by atoms with Gasteiger partial charge in [-0.2, -0.15) is 0 Å². The first-order valence-electron chi connectivity index (χ1n) is 8.95. The number of benzene rings is 1. The summed E-state index contributed by atoms with van der Waals surface area (Å²) in [5, 5.41) is 9.23. The Morgan fingerprint density at radius 3 is 2.23 bits per heavy atom. The van der Waals surface area contributed by atoms with Crippen molar-refractivity contribution in [2.24, 2.45) is 0 Å². The number of pyridine rings is 1. The molecule has 0 bridgehead atoms. The lowest BCUT2D eigenvalue weighted by Gasteiger charge is -2.19. The smallest absolute Gasteiger partial charge is 0.432 e. The Morgan fingerprint density at radius 2 is 1.67 bits per heavy atom. The van der Waals surface area contributed by atoms with Crippen molar-refractivity contribution in [2.75, 3.05) is 13.2 Å². The Hall–Kier alpha value is -2.55. The highest BCUT2D eigenvalue weighted by atomic mass is 35.5. The fourth-order valence-corrected chi connectivity index (χ4v) is 2.95. The van der Waals surface area contributed by atoms with Gasteiger partial charge in [-0.15, -0.1) is 0 Å². The molecule has 2 rings (SSSR count). The maximum absolute atomic E-state index is 12.2. The van der Waals surface area contributed by atoms with E-state index in [1.165, 1.54) is 0 Å². The number of aliphatic hydroxyl groups excluding tert-OH is 1. The Labute approximate surface area is 183 Å². The molecule has 0 saturated carbocycles. The number of carbonyl (C=O) groups is 2. The van der Waals surface area contributed by atoms with E-state index in [1.54, 1.807) is 45.9 Å². The molecule has 10 heteroatoms. The van der Waals surface area contributed by atoms with E-state index in [9.17, 15) is 9.59 Å². The second-order valence-corrected chi connectivity index (χ2v) is 7.15. The lowest BCUT2D eigenvalue weighted by Crippen LogP contribution is -2.18. The first-order chi connectivity index (χ1) is 14.1. The van der Waals surface area contributed by atoms with Crippen molar-refractivity contribution in [2.45, 2.75) is 33.8 Å². The molecule has 1 aromatic heterocycles. The molecule has 0 aliphatic carbocycles.